The van der Waals surface area contributed by atoms with Crippen molar-refractivity contribution in [2.45, 2.75) is 20.8 Å². The Morgan fingerprint density at radius 1 is 1.00 bits per heavy atom. The zero-order valence-electron chi connectivity index (χ0n) is 17.3. The Labute approximate surface area is 188 Å². The minimum absolute atomic E-state index is 0.193. The average molecular weight is 478 g/mol. The van der Waals surface area contributed by atoms with Crippen molar-refractivity contribution in [1.82, 2.24) is 19.7 Å². The number of hydrogen-bond acceptors (Lipinski definition) is 5. The molecule has 4 rings (SSSR count). The van der Waals surface area contributed by atoms with Gasteiger partial charge in [-0.1, -0.05) is 12.1 Å². The van der Waals surface area contributed by atoms with E-state index in [-0.39, 0.29) is 5.91 Å². The first-order valence-corrected chi connectivity index (χ1v) is 10.4. The highest BCUT2D eigenvalue weighted by molar-refractivity contribution is 9.10. The van der Waals surface area contributed by atoms with Crippen LogP contribution in [0.15, 0.2) is 65.1 Å². The lowest BCUT2D eigenvalue weighted by atomic mass is 10.2. The lowest BCUT2D eigenvalue weighted by molar-refractivity contribution is 0.102. The predicted molar refractivity (Wildman–Crippen MR) is 122 cm³/mol. The first-order valence-electron chi connectivity index (χ1n) is 9.62. The van der Waals surface area contributed by atoms with E-state index in [1.807, 2.05) is 45.0 Å². The van der Waals surface area contributed by atoms with Gasteiger partial charge in [-0.05, 0) is 79.2 Å². The number of aryl methyl sites for hydroxylation is 3. The van der Waals surface area contributed by atoms with Crippen LogP contribution in [0, 0.1) is 20.8 Å². The fourth-order valence-electron chi connectivity index (χ4n) is 3.12. The third-order valence-corrected chi connectivity index (χ3v) is 5.17. The Hall–Kier alpha value is -3.52. The van der Waals surface area contributed by atoms with Gasteiger partial charge in [0.1, 0.15) is 11.6 Å². The van der Waals surface area contributed by atoms with Crippen molar-refractivity contribution in [3.8, 4) is 17.4 Å². The number of benzene rings is 2. The summed E-state index contributed by atoms with van der Waals surface area (Å²) in [4.78, 5) is 21.3. The van der Waals surface area contributed by atoms with Gasteiger partial charge in [-0.2, -0.15) is 10.1 Å². The van der Waals surface area contributed by atoms with Crippen LogP contribution in [0.4, 0.5) is 5.69 Å². The Kier molecular flexibility index (Phi) is 5.81. The SMILES string of the molecule is Cc1cc(C)n(-c2cc(Oc3ccc(NC(=O)c4ccccc4Br)cc3)nc(C)n2)n1. The molecular formula is C23H20BrN5O2. The molecule has 0 atom stereocenters. The molecule has 1 N–H and O–H groups in total. The molecule has 0 radical (unpaired) electrons. The van der Waals surface area contributed by atoms with Crippen LogP contribution in [0.2, 0.25) is 0 Å². The summed E-state index contributed by atoms with van der Waals surface area (Å²) >= 11 is 3.39. The molecule has 2 aromatic heterocycles. The average Bonchev–Trinajstić information content (AvgIpc) is 3.07. The molecule has 0 bridgehead atoms. The molecule has 0 saturated carbocycles. The lowest BCUT2D eigenvalue weighted by Crippen LogP contribution is -2.12. The van der Waals surface area contributed by atoms with E-state index in [4.69, 9.17) is 4.74 Å². The summed E-state index contributed by atoms with van der Waals surface area (Å²) in [6.07, 6.45) is 0. The Morgan fingerprint density at radius 3 is 2.42 bits per heavy atom. The minimum atomic E-state index is -0.193. The summed E-state index contributed by atoms with van der Waals surface area (Å²) in [6.45, 7) is 5.72. The van der Waals surface area contributed by atoms with Crippen LogP contribution in [-0.4, -0.2) is 25.7 Å². The van der Waals surface area contributed by atoms with Crippen molar-refractivity contribution >= 4 is 27.5 Å². The predicted octanol–water partition coefficient (Wildman–Crippen LogP) is 5.39. The van der Waals surface area contributed by atoms with Crippen molar-refractivity contribution in [3.63, 3.8) is 0 Å². The fourth-order valence-corrected chi connectivity index (χ4v) is 3.58. The Morgan fingerprint density at radius 2 is 1.74 bits per heavy atom. The molecule has 2 aromatic carbocycles. The summed E-state index contributed by atoms with van der Waals surface area (Å²) in [5.74, 6) is 2.04. The molecule has 156 valence electrons. The fraction of sp³-hybridized carbons (Fsp3) is 0.130. The van der Waals surface area contributed by atoms with Gasteiger partial charge in [-0.25, -0.2) is 9.67 Å². The standard InChI is InChI=1S/C23H20BrN5O2/c1-14-12-15(2)29(28-14)21-13-22(26-16(3)25-21)31-18-10-8-17(9-11-18)27-23(30)19-6-4-5-7-20(19)24/h4-13H,1-3H3,(H,27,30). The maximum atomic E-state index is 12.5. The van der Waals surface area contributed by atoms with Crippen molar-refractivity contribution in [2.75, 3.05) is 5.32 Å². The molecule has 0 aliphatic carbocycles. The van der Waals surface area contributed by atoms with Crippen molar-refractivity contribution in [2.24, 2.45) is 0 Å². The summed E-state index contributed by atoms with van der Waals surface area (Å²) in [5.41, 5.74) is 3.12. The molecule has 0 fully saturated rings. The number of hydrogen-bond donors (Lipinski definition) is 1. The molecule has 0 aliphatic rings. The van der Waals surface area contributed by atoms with Gasteiger partial charge < -0.3 is 10.1 Å². The number of rotatable bonds is 5. The van der Waals surface area contributed by atoms with Gasteiger partial charge in [0.15, 0.2) is 5.82 Å². The van der Waals surface area contributed by atoms with E-state index >= 15 is 0 Å². The van der Waals surface area contributed by atoms with E-state index in [0.29, 0.717) is 34.5 Å². The molecular weight excluding hydrogens is 458 g/mol. The van der Waals surface area contributed by atoms with Crippen LogP contribution in [0.5, 0.6) is 11.6 Å². The molecule has 0 unspecified atom stereocenters. The monoisotopic (exact) mass is 477 g/mol. The maximum absolute atomic E-state index is 12.5. The zero-order valence-corrected chi connectivity index (χ0v) is 18.8. The first-order chi connectivity index (χ1) is 14.9. The van der Waals surface area contributed by atoms with E-state index in [1.54, 1.807) is 41.1 Å². The van der Waals surface area contributed by atoms with E-state index in [2.05, 4.69) is 36.3 Å². The van der Waals surface area contributed by atoms with Crippen LogP contribution in [0.25, 0.3) is 5.82 Å². The van der Waals surface area contributed by atoms with E-state index in [9.17, 15) is 4.79 Å². The second-order valence-electron chi connectivity index (χ2n) is 7.01. The molecule has 0 saturated heterocycles. The van der Waals surface area contributed by atoms with Gasteiger partial charge in [0, 0.05) is 21.9 Å². The van der Waals surface area contributed by atoms with Crippen LogP contribution < -0.4 is 10.1 Å². The third kappa shape index (κ3) is 4.80. The first kappa shape index (κ1) is 20.7. The molecule has 0 aliphatic heterocycles. The van der Waals surface area contributed by atoms with Gasteiger partial charge in [0.2, 0.25) is 5.88 Å². The molecule has 31 heavy (non-hydrogen) atoms. The maximum Gasteiger partial charge on any atom is 0.256 e. The highest BCUT2D eigenvalue weighted by atomic mass is 79.9. The van der Waals surface area contributed by atoms with E-state index in [0.717, 1.165) is 15.9 Å². The Balaban J connectivity index is 1.50. The molecule has 2 heterocycles. The third-order valence-electron chi connectivity index (χ3n) is 4.48. The quantitative estimate of drug-likeness (QED) is 0.416. The number of anilines is 1. The number of amides is 1. The number of carbonyl (C=O) groups is 1. The van der Waals surface area contributed by atoms with Crippen LogP contribution in [0.1, 0.15) is 27.6 Å². The zero-order chi connectivity index (χ0) is 22.0. The van der Waals surface area contributed by atoms with Gasteiger partial charge >= 0.3 is 0 Å². The number of carbonyl (C=O) groups excluding carboxylic acids is 1. The van der Waals surface area contributed by atoms with Crippen molar-refractivity contribution < 1.29 is 9.53 Å². The number of aromatic nitrogens is 4. The van der Waals surface area contributed by atoms with E-state index in [1.165, 1.54) is 0 Å². The van der Waals surface area contributed by atoms with Crippen LogP contribution in [0.3, 0.4) is 0 Å². The summed E-state index contributed by atoms with van der Waals surface area (Å²) in [5, 5.41) is 7.34. The highest BCUT2D eigenvalue weighted by Crippen LogP contribution is 2.24. The number of halogens is 1. The second-order valence-corrected chi connectivity index (χ2v) is 7.87. The summed E-state index contributed by atoms with van der Waals surface area (Å²) in [6, 6.07) is 18.1. The molecule has 4 aromatic rings. The highest BCUT2D eigenvalue weighted by Gasteiger charge is 2.11. The number of nitrogens with one attached hydrogen (secondary N) is 1. The molecule has 8 heteroatoms. The van der Waals surface area contributed by atoms with Crippen molar-refractivity contribution in [1.29, 1.82) is 0 Å². The molecule has 0 spiro atoms. The number of ether oxygens (including phenoxy) is 1. The van der Waals surface area contributed by atoms with Gasteiger partial charge in [-0.15, -0.1) is 0 Å². The van der Waals surface area contributed by atoms with Crippen LogP contribution in [-0.2, 0) is 0 Å². The lowest BCUT2D eigenvalue weighted by Gasteiger charge is -2.10. The second kappa shape index (κ2) is 8.69. The van der Waals surface area contributed by atoms with Crippen LogP contribution >= 0.6 is 15.9 Å². The smallest absolute Gasteiger partial charge is 0.256 e. The summed E-state index contributed by atoms with van der Waals surface area (Å²) < 4.78 is 8.42. The van der Waals surface area contributed by atoms with Gasteiger partial charge in [-0.3, -0.25) is 4.79 Å². The summed E-state index contributed by atoms with van der Waals surface area (Å²) in [7, 11) is 0. The number of nitrogens with zero attached hydrogens (tertiary/aromatic N) is 4. The van der Waals surface area contributed by atoms with Gasteiger partial charge in [0.25, 0.3) is 5.91 Å². The minimum Gasteiger partial charge on any atom is -0.439 e. The van der Waals surface area contributed by atoms with Crippen molar-refractivity contribution in [3.05, 3.63) is 87.9 Å². The van der Waals surface area contributed by atoms with Gasteiger partial charge in [0.05, 0.1) is 11.3 Å². The normalized spacial score (nSPS) is 10.7. The van der Waals surface area contributed by atoms with E-state index < -0.39 is 0 Å². The Bertz CT molecular complexity index is 1250. The largest absolute Gasteiger partial charge is 0.439 e. The topological polar surface area (TPSA) is 81.9 Å². The molecule has 1 amide bonds. The molecule has 7 nitrogen and oxygen atoms in total.